The van der Waals surface area contributed by atoms with Gasteiger partial charge in [-0.3, -0.25) is 15.8 Å². The lowest BCUT2D eigenvalue weighted by Gasteiger charge is -2.19. The number of benzene rings is 1. The number of hydrazine groups is 1. The molecule has 1 aromatic carbocycles. The third-order valence-corrected chi connectivity index (χ3v) is 3.45. The monoisotopic (exact) mass is 280 g/mol. The van der Waals surface area contributed by atoms with Gasteiger partial charge in [0.05, 0.1) is 18.7 Å². The highest BCUT2D eigenvalue weighted by atomic mass is 16.5. The first-order valence-corrected chi connectivity index (χ1v) is 6.64. The molecule has 21 heavy (non-hydrogen) atoms. The number of pyridine rings is 2. The minimum Gasteiger partial charge on any atom is -0.495 e. The lowest BCUT2D eigenvalue weighted by Crippen LogP contribution is -2.30. The maximum atomic E-state index is 5.79. The van der Waals surface area contributed by atoms with E-state index in [1.165, 1.54) is 0 Å². The summed E-state index contributed by atoms with van der Waals surface area (Å²) in [5, 5.41) is 1.04. The zero-order chi connectivity index (χ0) is 14.7. The summed E-state index contributed by atoms with van der Waals surface area (Å²) in [6.07, 6.45) is 3.50. The Morgan fingerprint density at radius 1 is 1.05 bits per heavy atom. The predicted molar refractivity (Wildman–Crippen MR) is 81.7 cm³/mol. The molecule has 0 spiro atoms. The second-order valence-electron chi connectivity index (χ2n) is 4.61. The quantitative estimate of drug-likeness (QED) is 0.566. The van der Waals surface area contributed by atoms with E-state index in [2.05, 4.69) is 15.4 Å². The Kier molecular flexibility index (Phi) is 3.77. The molecule has 0 radical (unpaired) electrons. The Hall–Kier alpha value is -2.50. The molecule has 0 saturated heterocycles. The highest BCUT2D eigenvalue weighted by Gasteiger charge is 2.20. The van der Waals surface area contributed by atoms with Crippen LogP contribution in [-0.4, -0.2) is 17.1 Å². The summed E-state index contributed by atoms with van der Waals surface area (Å²) in [5.74, 6) is 6.48. The predicted octanol–water partition coefficient (Wildman–Crippen LogP) is 2.19. The molecule has 2 aromatic heterocycles. The fourth-order valence-corrected chi connectivity index (χ4v) is 2.49. The molecule has 2 heterocycles. The van der Waals surface area contributed by atoms with Crippen LogP contribution in [-0.2, 0) is 0 Å². The van der Waals surface area contributed by atoms with Gasteiger partial charge in [0.25, 0.3) is 0 Å². The number of hydrogen-bond acceptors (Lipinski definition) is 5. The second-order valence-corrected chi connectivity index (χ2v) is 4.61. The van der Waals surface area contributed by atoms with Gasteiger partial charge in [-0.15, -0.1) is 0 Å². The van der Waals surface area contributed by atoms with E-state index in [-0.39, 0.29) is 6.04 Å². The summed E-state index contributed by atoms with van der Waals surface area (Å²) < 4.78 is 5.39. The molecular weight excluding hydrogens is 264 g/mol. The van der Waals surface area contributed by atoms with Crippen molar-refractivity contribution in [2.75, 3.05) is 7.11 Å². The van der Waals surface area contributed by atoms with Gasteiger partial charge in [-0.25, -0.2) is 5.43 Å². The number of ether oxygens (including phenoxy) is 1. The molecule has 3 aromatic rings. The summed E-state index contributed by atoms with van der Waals surface area (Å²) in [6.45, 7) is 0. The van der Waals surface area contributed by atoms with E-state index in [0.717, 1.165) is 22.2 Å². The topological polar surface area (TPSA) is 73.1 Å². The van der Waals surface area contributed by atoms with Gasteiger partial charge in [-0.05, 0) is 29.8 Å². The average Bonchev–Trinajstić information content (AvgIpc) is 2.56. The number of hydrogen-bond donors (Lipinski definition) is 2. The van der Waals surface area contributed by atoms with Gasteiger partial charge < -0.3 is 4.74 Å². The molecule has 0 saturated carbocycles. The molecule has 0 fully saturated rings. The summed E-state index contributed by atoms with van der Waals surface area (Å²) in [7, 11) is 1.62. The number of aromatic nitrogens is 2. The van der Waals surface area contributed by atoms with Gasteiger partial charge in [0.1, 0.15) is 11.4 Å². The molecule has 5 heteroatoms. The summed E-state index contributed by atoms with van der Waals surface area (Å²) in [5.41, 5.74) is 5.52. The van der Waals surface area contributed by atoms with Crippen molar-refractivity contribution in [2.24, 2.45) is 5.84 Å². The second kappa shape index (κ2) is 5.87. The Balaban J connectivity index is 2.19. The van der Waals surface area contributed by atoms with Crippen molar-refractivity contribution < 1.29 is 4.74 Å². The van der Waals surface area contributed by atoms with E-state index in [1.807, 2.05) is 42.5 Å². The van der Waals surface area contributed by atoms with Crippen LogP contribution in [0.5, 0.6) is 5.75 Å². The van der Waals surface area contributed by atoms with Gasteiger partial charge in [-0.2, -0.15) is 0 Å². The van der Waals surface area contributed by atoms with Crippen LogP contribution >= 0.6 is 0 Å². The first kappa shape index (κ1) is 13.5. The van der Waals surface area contributed by atoms with Crippen LogP contribution in [0.4, 0.5) is 0 Å². The highest BCUT2D eigenvalue weighted by molar-refractivity contribution is 5.83. The number of fused-ring (bicyclic) bond motifs is 1. The van der Waals surface area contributed by atoms with Gasteiger partial charge in [0, 0.05) is 17.8 Å². The van der Waals surface area contributed by atoms with Crippen LogP contribution < -0.4 is 16.0 Å². The highest BCUT2D eigenvalue weighted by Crippen LogP contribution is 2.31. The summed E-state index contributed by atoms with van der Waals surface area (Å²) in [4.78, 5) is 8.79. The third-order valence-electron chi connectivity index (χ3n) is 3.45. The standard InChI is InChI=1S/C16H16N4O/c1-21-14-8-4-10-19-16(14)15(20-17)12-5-2-7-13-11(12)6-3-9-18-13/h2-10,15,20H,17H2,1H3. The van der Waals surface area contributed by atoms with E-state index >= 15 is 0 Å². The molecular formula is C16H16N4O. The SMILES string of the molecule is COc1cccnc1C(NN)c1cccc2ncccc12. The number of nitrogens with zero attached hydrogens (tertiary/aromatic N) is 2. The molecule has 5 nitrogen and oxygen atoms in total. The molecule has 3 N–H and O–H groups in total. The van der Waals surface area contributed by atoms with Crippen molar-refractivity contribution in [3.63, 3.8) is 0 Å². The van der Waals surface area contributed by atoms with E-state index in [9.17, 15) is 0 Å². The average molecular weight is 280 g/mol. The van der Waals surface area contributed by atoms with Gasteiger partial charge in [0.2, 0.25) is 0 Å². The maximum absolute atomic E-state index is 5.79. The van der Waals surface area contributed by atoms with Crippen LogP contribution in [0.2, 0.25) is 0 Å². The van der Waals surface area contributed by atoms with E-state index in [0.29, 0.717) is 5.75 Å². The van der Waals surface area contributed by atoms with Crippen molar-refractivity contribution in [3.8, 4) is 5.75 Å². The van der Waals surface area contributed by atoms with Crippen LogP contribution in [0.25, 0.3) is 10.9 Å². The molecule has 0 aliphatic carbocycles. The van der Waals surface area contributed by atoms with Crippen molar-refractivity contribution in [3.05, 3.63) is 66.1 Å². The molecule has 0 bridgehead atoms. The van der Waals surface area contributed by atoms with Gasteiger partial charge in [-0.1, -0.05) is 18.2 Å². The lowest BCUT2D eigenvalue weighted by molar-refractivity contribution is 0.400. The summed E-state index contributed by atoms with van der Waals surface area (Å²) >= 11 is 0. The van der Waals surface area contributed by atoms with Crippen LogP contribution in [0.15, 0.2) is 54.9 Å². The van der Waals surface area contributed by atoms with Gasteiger partial charge >= 0.3 is 0 Å². The Bertz CT molecular complexity index is 755. The number of nitrogens with one attached hydrogen (secondary N) is 1. The minimum atomic E-state index is -0.269. The zero-order valence-corrected chi connectivity index (χ0v) is 11.7. The molecule has 1 unspecified atom stereocenters. The van der Waals surface area contributed by atoms with Crippen molar-refractivity contribution in [1.82, 2.24) is 15.4 Å². The molecule has 0 aliphatic rings. The summed E-state index contributed by atoms with van der Waals surface area (Å²) in [6, 6.07) is 13.3. The van der Waals surface area contributed by atoms with Gasteiger partial charge in [0.15, 0.2) is 0 Å². The van der Waals surface area contributed by atoms with E-state index < -0.39 is 0 Å². The molecule has 106 valence electrons. The third kappa shape index (κ3) is 2.44. The molecule has 0 aliphatic heterocycles. The van der Waals surface area contributed by atoms with Crippen LogP contribution in [0.3, 0.4) is 0 Å². The first-order chi connectivity index (χ1) is 10.3. The normalized spacial score (nSPS) is 12.3. The fourth-order valence-electron chi connectivity index (χ4n) is 2.49. The van der Waals surface area contributed by atoms with Crippen molar-refractivity contribution in [1.29, 1.82) is 0 Å². The maximum Gasteiger partial charge on any atom is 0.142 e. The minimum absolute atomic E-state index is 0.269. The Labute approximate surface area is 122 Å². The smallest absolute Gasteiger partial charge is 0.142 e. The van der Waals surface area contributed by atoms with Crippen molar-refractivity contribution in [2.45, 2.75) is 6.04 Å². The first-order valence-electron chi connectivity index (χ1n) is 6.64. The van der Waals surface area contributed by atoms with E-state index in [1.54, 1.807) is 19.5 Å². The molecule has 0 amide bonds. The lowest BCUT2D eigenvalue weighted by atomic mass is 9.98. The zero-order valence-electron chi connectivity index (χ0n) is 11.7. The van der Waals surface area contributed by atoms with Crippen molar-refractivity contribution >= 4 is 10.9 Å². The fraction of sp³-hybridized carbons (Fsp3) is 0.125. The number of nitrogens with two attached hydrogens (primary N) is 1. The van der Waals surface area contributed by atoms with E-state index in [4.69, 9.17) is 10.6 Å². The Morgan fingerprint density at radius 3 is 2.67 bits per heavy atom. The molecule has 3 rings (SSSR count). The van der Waals surface area contributed by atoms with Crippen LogP contribution in [0, 0.1) is 0 Å². The molecule has 1 atom stereocenters. The van der Waals surface area contributed by atoms with Crippen LogP contribution in [0.1, 0.15) is 17.3 Å². The number of rotatable bonds is 4. The Morgan fingerprint density at radius 2 is 1.86 bits per heavy atom. The largest absolute Gasteiger partial charge is 0.495 e. The number of methoxy groups -OCH3 is 1.